The van der Waals surface area contributed by atoms with E-state index >= 15 is 0 Å². The molecule has 2 aromatic rings. The summed E-state index contributed by atoms with van der Waals surface area (Å²) >= 11 is 1.38. The van der Waals surface area contributed by atoms with Crippen molar-refractivity contribution in [1.29, 1.82) is 0 Å². The molecule has 1 unspecified atom stereocenters. The van der Waals surface area contributed by atoms with Crippen molar-refractivity contribution in [3.8, 4) is 0 Å². The van der Waals surface area contributed by atoms with Crippen LogP contribution in [0.25, 0.3) is 0 Å². The molecule has 8 nitrogen and oxygen atoms in total. The number of amides is 2. The first-order valence-corrected chi connectivity index (χ1v) is 8.07. The second kappa shape index (κ2) is 8.58. The van der Waals surface area contributed by atoms with Crippen molar-refractivity contribution >= 4 is 29.6 Å². The highest BCUT2D eigenvalue weighted by atomic mass is 32.1. The highest BCUT2D eigenvalue weighted by molar-refractivity contribution is 7.09. The van der Waals surface area contributed by atoms with E-state index in [-0.39, 0.29) is 19.4 Å². The molecule has 2 amide bonds. The molecule has 2 heterocycles. The van der Waals surface area contributed by atoms with Crippen LogP contribution in [0.4, 0.5) is 19.1 Å². The summed E-state index contributed by atoms with van der Waals surface area (Å²) in [5, 5.41) is 11.5. The number of nitrogens with zero attached hydrogens (tertiary/aromatic N) is 3. The van der Waals surface area contributed by atoms with E-state index in [9.17, 15) is 28.0 Å². The molecule has 26 heavy (non-hydrogen) atoms. The third kappa shape index (κ3) is 5.67. The lowest BCUT2D eigenvalue weighted by Crippen LogP contribution is -2.41. The van der Waals surface area contributed by atoms with Gasteiger partial charge in [0.05, 0.1) is 12.5 Å². The molecule has 0 radical (unpaired) electrons. The lowest BCUT2D eigenvalue weighted by atomic mass is 10.0. The summed E-state index contributed by atoms with van der Waals surface area (Å²) in [6, 6.07) is 4.25. The summed E-state index contributed by atoms with van der Waals surface area (Å²) in [5.74, 6) is -1.94. The number of nitrogens with one attached hydrogen (secondary N) is 2. The fraction of sp³-hybridized carbons (Fsp3) is 0.286. The predicted molar refractivity (Wildman–Crippen MR) is 84.9 cm³/mol. The minimum Gasteiger partial charge on any atom is -0.286 e. The van der Waals surface area contributed by atoms with Gasteiger partial charge in [0, 0.05) is 11.1 Å². The molecule has 0 spiro atoms. The molecule has 0 saturated carbocycles. The van der Waals surface area contributed by atoms with Crippen LogP contribution in [0.1, 0.15) is 10.6 Å². The van der Waals surface area contributed by atoms with Gasteiger partial charge in [-0.1, -0.05) is 6.07 Å². The van der Waals surface area contributed by atoms with Crippen molar-refractivity contribution in [3.63, 3.8) is 0 Å². The third-order valence-electron chi connectivity index (χ3n) is 3.17. The molecule has 2 aromatic heterocycles. The lowest BCUT2D eigenvalue weighted by Gasteiger charge is -2.19. The monoisotopic (exact) mass is 389 g/mol. The molecule has 0 aliphatic rings. The average molecular weight is 389 g/mol. The van der Waals surface area contributed by atoms with Gasteiger partial charge in [-0.25, -0.2) is 15.0 Å². The second-order valence-electron chi connectivity index (χ2n) is 5.09. The van der Waals surface area contributed by atoms with Gasteiger partial charge in [-0.15, -0.1) is 11.3 Å². The SMILES string of the molecule is O=CN(O)CC(Cc1cccs1)C(=O)NNc1nccc(C(F)(F)F)n1. The Labute approximate surface area is 149 Å². The Morgan fingerprint density at radius 1 is 1.42 bits per heavy atom. The van der Waals surface area contributed by atoms with E-state index in [4.69, 9.17) is 0 Å². The van der Waals surface area contributed by atoms with Crippen molar-refractivity contribution in [3.05, 3.63) is 40.3 Å². The van der Waals surface area contributed by atoms with Crippen molar-refractivity contribution in [2.45, 2.75) is 12.6 Å². The number of hydrogen-bond donors (Lipinski definition) is 3. The minimum absolute atomic E-state index is 0.151. The minimum atomic E-state index is -4.65. The number of hydroxylamine groups is 2. The lowest BCUT2D eigenvalue weighted by molar-refractivity contribution is -0.154. The summed E-state index contributed by atoms with van der Waals surface area (Å²) < 4.78 is 37.9. The van der Waals surface area contributed by atoms with Gasteiger partial charge in [0.15, 0.2) is 0 Å². The largest absolute Gasteiger partial charge is 0.433 e. The van der Waals surface area contributed by atoms with Gasteiger partial charge in [-0.2, -0.15) is 13.2 Å². The van der Waals surface area contributed by atoms with Gasteiger partial charge in [0.2, 0.25) is 18.3 Å². The first-order chi connectivity index (χ1) is 12.3. The number of carbonyl (C=O) groups is 2. The van der Waals surface area contributed by atoms with E-state index in [0.29, 0.717) is 11.1 Å². The molecule has 3 N–H and O–H groups in total. The molecule has 0 aromatic carbocycles. The second-order valence-corrected chi connectivity index (χ2v) is 6.12. The van der Waals surface area contributed by atoms with Gasteiger partial charge >= 0.3 is 6.18 Å². The van der Waals surface area contributed by atoms with Crippen LogP contribution in [-0.4, -0.2) is 39.1 Å². The zero-order chi connectivity index (χ0) is 19.2. The van der Waals surface area contributed by atoms with Gasteiger partial charge in [0.25, 0.3) is 0 Å². The predicted octanol–water partition coefficient (Wildman–Crippen LogP) is 1.71. The Bertz CT molecular complexity index is 742. The highest BCUT2D eigenvalue weighted by Crippen LogP contribution is 2.27. The highest BCUT2D eigenvalue weighted by Gasteiger charge is 2.33. The quantitative estimate of drug-likeness (QED) is 0.360. The number of thiophene rings is 1. The van der Waals surface area contributed by atoms with Crippen LogP contribution >= 0.6 is 11.3 Å². The molecule has 0 fully saturated rings. The number of anilines is 1. The maximum atomic E-state index is 12.6. The summed E-state index contributed by atoms with van der Waals surface area (Å²) in [6.45, 7) is -0.293. The van der Waals surface area contributed by atoms with E-state index < -0.39 is 29.6 Å². The number of aromatic nitrogens is 2. The molecule has 2 rings (SSSR count). The Hall–Kier alpha value is -2.73. The summed E-state index contributed by atoms with van der Waals surface area (Å²) in [6.07, 6.45) is -3.38. The van der Waals surface area contributed by atoms with E-state index in [2.05, 4.69) is 20.8 Å². The Morgan fingerprint density at radius 2 is 2.19 bits per heavy atom. The van der Waals surface area contributed by atoms with Gasteiger partial charge in [-0.3, -0.25) is 25.6 Å². The molecule has 0 saturated heterocycles. The number of alkyl halides is 3. The van der Waals surface area contributed by atoms with Crippen LogP contribution in [0.2, 0.25) is 0 Å². The smallest absolute Gasteiger partial charge is 0.286 e. The van der Waals surface area contributed by atoms with E-state index in [0.717, 1.165) is 11.1 Å². The van der Waals surface area contributed by atoms with Gasteiger partial charge in [0.1, 0.15) is 5.69 Å². The fourth-order valence-corrected chi connectivity index (χ4v) is 2.76. The van der Waals surface area contributed by atoms with Crippen LogP contribution in [0.3, 0.4) is 0 Å². The third-order valence-corrected chi connectivity index (χ3v) is 4.07. The summed E-state index contributed by atoms with van der Waals surface area (Å²) in [7, 11) is 0. The molecule has 1 atom stereocenters. The van der Waals surface area contributed by atoms with Crippen molar-refractivity contribution < 1.29 is 28.0 Å². The molecule has 140 valence electrons. The standard InChI is InChI=1S/C14H14F3N5O3S/c15-14(16,17)11-3-4-18-13(19-11)21-20-12(24)9(7-22(25)8-23)6-10-2-1-5-26-10/h1-5,8-9,25H,6-7H2,(H,20,24)(H,18,19,21). The number of hydrogen-bond acceptors (Lipinski definition) is 7. The zero-order valence-corrected chi connectivity index (χ0v) is 13.9. The Morgan fingerprint density at radius 3 is 2.81 bits per heavy atom. The van der Waals surface area contributed by atoms with Crippen LogP contribution in [0, 0.1) is 5.92 Å². The Kier molecular flexibility index (Phi) is 6.46. The number of halogens is 3. The normalized spacial score (nSPS) is 12.3. The topological polar surface area (TPSA) is 107 Å². The van der Waals surface area contributed by atoms with Crippen molar-refractivity contribution in [2.75, 3.05) is 12.0 Å². The van der Waals surface area contributed by atoms with Crippen LogP contribution < -0.4 is 10.9 Å². The van der Waals surface area contributed by atoms with Gasteiger partial charge < -0.3 is 0 Å². The van der Waals surface area contributed by atoms with Gasteiger partial charge in [-0.05, 0) is 23.9 Å². The molecule has 0 aliphatic carbocycles. The number of rotatable bonds is 8. The molecular formula is C14H14F3N5O3S. The first-order valence-electron chi connectivity index (χ1n) is 7.19. The van der Waals surface area contributed by atoms with E-state index in [1.807, 2.05) is 0 Å². The van der Waals surface area contributed by atoms with Crippen LogP contribution in [-0.2, 0) is 22.2 Å². The van der Waals surface area contributed by atoms with E-state index in [1.165, 1.54) is 11.3 Å². The first kappa shape index (κ1) is 19.6. The van der Waals surface area contributed by atoms with Crippen molar-refractivity contribution in [2.24, 2.45) is 5.92 Å². The fourth-order valence-electron chi connectivity index (χ4n) is 1.98. The number of carbonyl (C=O) groups excluding carboxylic acids is 2. The van der Waals surface area contributed by atoms with Crippen LogP contribution in [0.5, 0.6) is 0 Å². The maximum Gasteiger partial charge on any atom is 0.433 e. The molecule has 12 heteroatoms. The zero-order valence-electron chi connectivity index (χ0n) is 13.1. The Balaban J connectivity index is 2.03. The molecular weight excluding hydrogens is 375 g/mol. The average Bonchev–Trinajstić information content (AvgIpc) is 3.11. The molecule has 0 aliphatic heterocycles. The summed E-state index contributed by atoms with van der Waals surface area (Å²) in [4.78, 5) is 30.5. The number of hydrazine groups is 1. The van der Waals surface area contributed by atoms with E-state index in [1.54, 1.807) is 17.5 Å². The van der Waals surface area contributed by atoms with Crippen LogP contribution in [0.15, 0.2) is 29.8 Å². The summed E-state index contributed by atoms with van der Waals surface area (Å²) in [5.41, 5.74) is 3.23. The molecule has 0 bridgehead atoms. The maximum absolute atomic E-state index is 12.6. The van der Waals surface area contributed by atoms with Crippen molar-refractivity contribution in [1.82, 2.24) is 20.5 Å².